The molecule has 8 nitrogen and oxygen atoms in total. The Bertz CT molecular complexity index is 918. The van der Waals surface area contributed by atoms with Crippen LogP contribution in [0.5, 0.6) is 0 Å². The van der Waals surface area contributed by atoms with E-state index in [4.69, 9.17) is 4.52 Å². The van der Waals surface area contributed by atoms with Crippen molar-refractivity contribution in [2.75, 3.05) is 0 Å². The van der Waals surface area contributed by atoms with E-state index in [1.54, 1.807) is 0 Å². The number of hydrogen-bond donors (Lipinski definition) is 2. The molecule has 0 unspecified atom stereocenters. The summed E-state index contributed by atoms with van der Waals surface area (Å²) < 4.78 is 5.16. The Kier molecular flexibility index (Phi) is 4.95. The third-order valence-electron chi connectivity index (χ3n) is 4.91. The van der Waals surface area contributed by atoms with Gasteiger partial charge < -0.3 is 9.84 Å². The average molecular weight is 366 g/mol. The minimum atomic E-state index is -0.0420. The molecule has 1 atom stereocenters. The van der Waals surface area contributed by atoms with Gasteiger partial charge in [-0.3, -0.25) is 9.89 Å². The fourth-order valence-corrected chi connectivity index (χ4v) is 3.41. The van der Waals surface area contributed by atoms with Crippen LogP contribution in [0, 0.1) is 0 Å². The van der Waals surface area contributed by atoms with Crippen LogP contribution in [-0.2, 0) is 24.1 Å². The Labute approximate surface area is 156 Å². The third kappa shape index (κ3) is 4.05. The van der Waals surface area contributed by atoms with Crippen molar-refractivity contribution in [1.82, 2.24) is 30.6 Å². The first-order chi connectivity index (χ1) is 13.2. The maximum Gasteiger partial charge on any atom is 0.239 e. The van der Waals surface area contributed by atoms with Crippen molar-refractivity contribution in [3.8, 4) is 11.6 Å². The van der Waals surface area contributed by atoms with Gasteiger partial charge in [0.1, 0.15) is 6.33 Å². The monoisotopic (exact) mass is 366 g/mol. The highest BCUT2D eigenvalue weighted by atomic mass is 16.5. The van der Waals surface area contributed by atoms with Crippen LogP contribution in [0.3, 0.4) is 0 Å². The van der Waals surface area contributed by atoms with Crippen LogP contribution in [0.15, 0.2) is 29.0 Å². The fourth-order valence-electron chi connectivity index (χ4n) is 3.41. The summed E-state index contributed by atoms with van der Waals surface area (Å²) in [6.07, 6.45) is 6.85. The largest absolute Gasteiger partial charge is 0.350 e. The summed E-state index contributed by atoms with van der Waals surface area (Å²) in [4.78, 5) is 20.5. The third-order valence-corrected chi connectivity index (χ3v) is 4.91. The number of fused-ring (bicyclic) bond motifs is 1. The summed E-state index contributed by atoms with van der Waals surface area (Å²) in [5.74, 6) is 1.14. The van der Waals surface area contributed by atoms with Crippen molar-refractivity contribution >= 4 is 5.91 Å². The first-order valence-electron chi connectivity index (χ1n) is 9.28. The normalized spacial score (nSPS) is 14.6. The summed E-state index contributed by atoms with van der Waals surface area (Å²) in [6, 6.07) is 6.53. The van der Waals surface area contributed by atoms with E-state index < -0.39 is 0 Å². The highest BCUT2D eigenvalue weighted by molar-refractivity contribution is 5.76. The van der Waals surface area contributed by atoms with Gasteiger partial charge in [-0.25, -0.2) is 4.98 Å². The molecule has 0 radical (unpaired) electrons. The molecular formula is C19H22N6O2. The number of carbonyl (C=O) groups excluding carboxylic acids is 1. The van der Waals surface area contributed by atoms with Crippen molar-refractivity contribution in [3.05, 3.63) is 47.1 Å². The van der Waals surface area contributed by atoms with Gasteiger partial charge >= 0.3 is 0 Å². The molecule has 1 amide bonds. The molecule has 0 saturated carbocycles. The second-order valence-electron chi connectivity index (χ2n) is 6.87. The smallest absolute Gasteiger partial charge is 0.239 e. The van der Waals surface area contributed by atoms with Crippen LogP contribution in [-0.4, -0.2) is 31.2 Å². The van der Waals surface area contributed by atoms with Gasteiger partial charge in [0.05, 0.1) is 6.04 Å². The Morgan fingerprint density at radius 1 is 1.30 bits per heavy atom. The van der Waals surface area contributed by atoms with Crippen molar-refractivity contribution in [3.63, 3.8) is 0 Å². The standard InChI is InChI=1S/C19H22N6O2/c1-12(14-7-6-13-4-2-3-5-15(13)10-14)22-16(26)8-9-17-23-19(25-27-17)18-20-11-21-24-18/h6-7,10-12H,2-5,8-9H2,1H3,(H,22,26)(H,20,21,24)/t12-/m1/s1. The number of benzene rings is 1. The maximum atomic E-state index is 12.3. The zero-order chi connectivity index (χ0) is 18.6. The Hall–Kier alpha value is -3.03. The van der Waals surface area contributed by atoms with Crippen LogP contribution in [0.25, 0.3) is 11.6 Å². The fraction of sp³-hybridized carbons (Fsp3) is 0.421. The molecule has 0 fully saturated rings. The first kappa shape index (κ1) is 17.4. The van der Waals surface area contributed by atoms with E-state index in [1.807, 2.05) is 6.92 Å². The minimum absolute atomic E-state index is 0.0304. The molecule has 27 heavy (non-hydrogen) atoms. The summed E-state index contributed by atoms with van der Waals surface area (Å²) in [5.41, 5.74) is 4.02. The molecule has 0 spiro atoms. The molecule has 4 rings (SSSR count). The summed E-state index contributed by atoms with van der Waals surface area (Å²) in [5, 5.41) is 13.3. The predicted octanol–water partition coefficient (Wildman–Crippen LogP) is 2.54. The predicted molar refractivity (Wildman–Crippen MR) is 97.6 cm³/mol. The van der Waals surface area contributed by atoms with Crippen molar-refractivity contribution in [2.45, 2.75) is 51.5 Å². The molecule has 0 bridgehead atoms. The van der Waals surface area contributed by atoms with Crippen LogP contribution in [0.2, 0.25) is 0 Å². The van der Waals surface area contributed by atoms with Crippen LogP contribution < -0.4 is 5.32 Å². The number of carbonyl (C=O) groups is 1. The topological polar surface area (TPSA) is 110 Å². The summed E-state index contributed by atoms with van der Waals surface area (Å²) in [7, 11) is 0. The molecular weight excluding hydrogens is 344 g/mol. The van der Waals surface area contributed by atoms with E-state index in [9.17, 15) is 4.79 Å². The molecule has 8 heteroatoms. The zero-order valence-corrected chi connectivity index (χ0v) is 15.2. The van der Waals surface area contributed by atoms with Gasteiger partial charge in [0.2, 0.25) is 17.6 Å². The van der Waals surface area contributed by atoms with Gasteiger partial charge in [0.15, 0.2) is 5.82 Å². The van der Waals surface area contributed by atoms with Crippen molar-refractivity contribution in [1.29, 1.82) is 0 Å². The lowest BCUT2D eigenvalue weighted by atomic mass is 9.89. The second-order valence-corrected chi connectivity index (χ2v) is 6.87. The van der Waals surface area contributed by atoms with Crippen LogP contribution >= 0.6 is 0 Å². The highest BCUT2D eigenvalue weighted by Gasteiger charge is 2.16. The van der Waals surface area contributed by atoms with Crippen molar-refractivity contribution < 1.29 is 9.32 Å². The van der Waals surface area contributed by atoms with Crippen LogP contribution in [0.4, 0.5) is 0 Å². The second kappa shape index (κ2) is 7.69. The van der Waals surface area contributed by atoms with E-state index in [1.165, 1.54) is 30.3 Å². The molecule has 2 heterocycles. The zero-order valence-electron chi connectivity index (χ0n) is 15.2. The number of nitrogens with zero attached hydrogens (tertiary/aromatic N) is 4. The van der Waals surface area contributed by atoms with Gasteiger partial charge in [0, 0.05) is 12.8 Å². The lowest BCUT2D eigenvalue weighted by Gasteiger charge is -2.20. The molecule has 1 aromatic carbocycles. The number of aryl methyl sites for hydroxylation is 3. The number of aromatic nitrogens is 5. The SMILES string of the molecule is C[C@@H](NC(=O)CCc1nc(-c2ncn[nH]2)no1)c1ccc2c(c1)CCCC2. The van der Waals surface area contributed by atoms with E-state index in [0.29, 0.717) is 24.0 Å². The summed E-state index contributed by atoms with van der Waals surface area (Å²) >= 11 is 0. The van der Waals surface area contributed by atoms with E-state index >= 15 is 0 Å². The Morgan fingerprint density at radius 2 is 2.15 bits per heavy atom. The highest BCUT2D eigenvalue weighted by Crippen LogP contribution is 2.24. The Balaban J connectivity index is 1.31. The number of hydrogen-bond acceptors (Lipinski definition) is 6. The molecule has 2 N–H and O–H groups in total. The molecule has 3 aromatic rings. The van der Waals surface area contributed by atoms with Gasteiger partial charge in [-0.1, -0.05) is 23.4 Å². The number of H-pyrrole nitrogens is 1. The summed E-state index contributed by atoms with van der Waals surface area (Å²) in [6.45, 7) is 2.01. The molecule has 0 saturated heterocycles. The van der Waals surface area contributed by atoms with Gasteiger partial charge in [-0.05, 0) is 49.3 Å². The molecule has 1 aliphatic carbocycles. The molecule has 2 aromatic heterocycles. The number of amides is 1. The van der Waals surface area contributed by atoms with Gasteiger partial charge in [-0.2, -0.15) is 10.1 Å². The number of aromatic amines is 1. The minimum Gasteiger partial charge on any atom is -0.350 e. The Morgan fingerprint density at radius 3 is 2.96 bits per heavy atom. The van der Waals surface area contributed by atoms with Crippen molar-refractivity contribution in [2.24, 2.45) is 0 Å². The van der Waals surface area contributed by atoms with Gasteiger partial charge in [0.25, 0.3) is 0 Å². The van der Waals surface area contributed by atoms with Crippen LogP contribution in [0.1, 0.15) is 54.8 Å². The maximum absolute atomic E-state index is 12.3. The van der Waals surface area contributed by atoms with E-state index in [0.717, 1.165) is 18.4 Å². The molecule has 1 aliphatic rings. The first-order valence-corrected chi connectivity index (χ1v) is 9.28. The molecule has 0 aliphatic heterocycles. The number of nitrogens with one attached hydrogen (secondary N) is 2. The van der Waals surface area contributed by atoms with Gasteiger partial charge in [-0.15, -0.1) is 0 Å². The quantitative estimate of drug-likeness (QED) is 0.694. The lowest BCUT2D eigenvalue weighted by Crippen LogP contribution is -2.27. The van der Waals surface area contributed by atoms with E-state index in [-0.39, 0.29) is 18.4 Å². The average Bonchev–Trinajstić information content (AvgIpc) is 3.37. The van der Waals surface area contributed by atoms with E-state index in [2.05, 4.69) is 48.8 Å². The number of rotatable bonds is 6. The molecule has 140 valence electrons. The lowest BCUT2D eigenvalue weighted by molar-refractivity contribution is -0.121.